The molecule has 3 amide bonds. The van der Waals surface area contributed by atoms with Gasteiger partial charge >= 0.3 is 6.18 Å². The first-order valence-electron chi connectivity index (χ1n) is 10.4. The summed E-state index contributed by atoms with van der Waals surface area (Å²) in [7, 11) is 0. The quantitative estimate of drug-likeness (QED) is 0.774. The average Bonchev–Trinajstić information content (AvgIpc) is 3.49. The van der Waals surface area contributed by atoms with Crippen molar-refractivity contribution in [1.82, 2.24) is 24.9 Å². The van der Waals surface area contributed by atoms with Crippen molar-refractivity contribution in [3.05, 3.63) is 47.8 Å². The van der Waals surface area contributed by atoms with Gasteiger partial charge < -0.3 is 15.1 Å². The minimum atomic E-state index is -4.82. The predicted molar refractivity (Wildman–Crippen MR) is 105 cm³/mol. The molecule has 4 heterocycles. The van der Waals surface area contributed by atoms with E-state index in [1.54, 1.807) is 23.1 Å². The molecule has 8 nitrogen and oxygen atoms in total. The molecule has 0 unspecified atom stereocenters. The van der Waals surface area contributed by atoms with E-state index in [4.69, 9.17) is 0 Å². The number of rotatable bonds is 3. The predicted octanol–water partition coefficient (Wildman–Crippen LogP) is 1.60. The summed E-state index contributed by atoms with van der Waals surface area (Å²) in [5.74, 6) is -1.25. The van der Waals surface area contributed by atoms with Crippen LogP contribution in [0.4, 0.5) is 13.2 Å². The van der Waals surface area contributed by atoms with Crippen molar-refractivity contribution in [2.45, 2.75) is 43.6 Å². The van der Waals surface area contributed by atoms with Crippen LogP contribution in [0.1, 0.15) is 35.3 Å². The van der Waals surface area contributed by atoms with E-state index in [0.717, 1.165) is 12.6 Å². The number of piperazine rings is 1. The number of para-hydroxylation sites is 1. The van der Waals surface area contributed by atoms with Crippen LogP contribution in [0.5, 0.6) is 0 Å². The van der Waals surface area contributed by atoms with Gasteiger partial charge in [0.05, 0.1) is 17.4 Å². The van der Waals surface area contributed by atoms with Gasteiger partial charge in [-0.3, -0.25) is 14.4 Å². The van der Waals surface area contributed by atoms with E-state index in [1.165, 1.54) is 17.0 Å². The Hall–Kier alpha value is -3.37. The van der Waals surface area contributed by atoms with Crippen molar-refractivity contribution in [1.29, 1.82) is 0 Å². The smallest absolute Gasteiger partial charge is 0.347 e. The molecule has 0 radical (unpaired) electrons. The zero-order valence-electron chi connectivity index (χ0n) is 16.9. The standard InChI is InChI=1S/C21H20F3N5O3/c22-21(23,24)17-14(10-25-29(17)13-5-2-1-3-6-13)18(30)26-12-9-16-20(32)27-8-4-7-15(27)19(31)28(16)11-12/h1-3,5-6,10,12,15-16H,4,7-9,11H2,(H,26,30)/t12-,15-,16-/m0/s1. The third-order valence-corrected chi connectivity index (χ3v) is 6.31. The van der Waals surface area contributed by atoms with Gasteiger partial charge in [-0.15, -0.1) is 0 Å². The lowest BCUT2D eigenvalue weighted by Crippen LogP contribution is -2.60. The normalized spacial score (nSPS) is 25.2. The van der Waals surface area contributed by atoms with Gasteiger partial charge in [-0.2, -0.15) is 18.3 Å². The summed E-state index contributed by atoms with van der Waals surface area (Å²) in [6.07, 6.45) is -2.37. The molecule has 5 rings (SSSR count). The monoisotopic (exact) mass is 447 g/mol. The SMILES string of the molecule is O=C(N[C@H]1C[C@H]2C(=O)N3CCC[C@H]3C(=O)N2C1)c1cnn(-c2ccccc2)c1C(F)(F)F. The number of alkyl halides is 3. The summed E-state index contributed by atoms with van der Waals surface area (Å²) in [4.78, 5) is 41.3. The van der Waals surface area contributed by atoms with E-state index in [9.17, 15) is 27.6 Å². The van der Waals surface area contributed by atoms with Gasteiger partial charge in [-0.25, -0.2) is 4.68 Å². The second-order valence-electron chi connectivity index (χ2n) is 8.25. The fourth-order valence-corrected chi connectivity index (χ4v) is 4.90. The van der Waals surface area contributed by atoms with E-state index >= 15 is 0 Å². The van der Waals surface area contributed by atoms with E-state index in [-0.39, 0.29) is 30.5 Å². The molecule has 0 aliphatic carbocycles. The van der Waals surface area contributed by atoms with Crippen LogP contribution in [0.2, 0.25) is 0 Å². The van der Waals surface area contributed by atoms with Gasteiger partial charge in [0.2, 0.25) is 11.8 Å². The molecule has 2 aromatic rings. The highest BCUT2D eigenvalue weighted by molar-refractivity contribution is 5.99. The van der Waals surface area contributed by atoms with Crippen molar-refractivity contribution in [3.63, 3.8) is 0 Å². The number of nitrogens with zero attached hydrogens (tertiary/aromatic N) is 4. The van der Waals surface area contributed by atoms with Crippen molar-refractivity contribution < 1.29 is 27.6 Å². The number of hydrogen-bond acceptors (Lipinski definition) is 4. The number of halogens is 3. The van der Waals surface area contributed by atoms with Crippen LogP contribution < -0.4 is 5.32 Å². The summed E-state index contributed by atoms with van der Waals surface area (Å²) in [5.41, 5.74) is -1.61. The van der Waals surface area contributed by atoms with Gasteiger partial charge in [-0.1, -0.05) is 18.2 Å². The first-order chi connectivity index (χ1) is 15.3. The highest BCUT2D eigenvalue weighted by Crippen LogP contribution is 2.35. The Morgan fingerprint density at radius 3 is 2.50 bits per heavy atom. The maximum absolute atomic E-state index is 13.8. The molecule has 1 N–H and O–H groups in total. The summed E-state index contributed by atoms with van der Waals surface area (Å²) in [6.45, 7) is 0.629. The van der Waals surface area contributed by atoms with Crippen LogP contribution in [0.15, 0.2) is 36.5 Å². The largest absolute Gasteiger partial charge is 0.434 e. The minimum Gasteiger partial charge on any atom is -0.347 e. The Bertz CT molecular complexity index is 1050. The highest BCUT2D eigenvalue weighted by atomic mass is 19.4. The van der Waals surface area contributed by atoms with Crippen molar-refractivity contribution >= 4 is 17.7 Å². The number of aromatic nitrogens is 2. The molecule has 3 aliphatic heterocycles. The summed E-state index contributed by atoms with van der Waals surface area (Å²) >= 11 is 0. The molecule has 32 heavy (non-hydrogen) atoms. The molecule has 1 aromatic carbocycles. The third kappa shape index (κ3) is 3.23. The second kappa shape index (κ2) is 7.35. The maximum atomic E-state index is 13.8. The van der Waals surface area contributed by atoms with Crippen LogP contribution in [0.25, 0.3) is 5.69 Å². The minimum absolute atomic E-state index is 0.0967. The Morgan fingerprint density at radius 2 is 1.78 bits per heavy atom. The van der Waals surface area contributed by atoms with Crippen LogP contribution in [-0.2, 0) is 15.8 Å². The Kier molecular flexibility index (Phi) is 4.72. The fourth-order valence-electron chi connectivity index (χ4n) is 4.90. The van der Waals surface area contributed by atoms with E-state index in [2.05, 4.69) is 10.4 Å². The second-order valence-corrected chi connectivity index (χ2v) is 8.25. The lowest BCUT2D eigenvalue weighted by atomic mass is 10.1. The lowest BCUT2D eigenvalue weighted by molar-refractivity contribution is -0.156. The molecule has 3 saturated heterocycles. The van der Waals surface area contributed by atoms with Gasteiger partial charge in [0, 0.05) is 19.1 Å². The molecular formula is C21H20F3N5O3. The number of benzene rings is 1. The van der Waals surface area contributed by atoms with E-state index in [0.29, 0.717) is 17.6 Å². The Balaban J connectivity index is 1.38. The van der Waals surface area contributed by atoms with Gasteiger partial charge in [0.15, 0.2) is 5.69 Å². The molecule has 0 bridgehead atoms. The van der Waals surface area contributed by atoms with Crippen molar-refractivity contribution in [2.24, 2.45) is 0 Å². The number of fused-ring (bicyclic) bond motifs is 2. The van der Waals surface area contributed by atoms with Gasteiger partial charge in [-0.05, 0) is 31.4 Å². The zero-order valence-corrected chi connectivity index (χ0v) is 16.9. The Labute approximate surface area is 181 Å². The number of carbonyl (C=O) groups excluding carboxylic acids is 3. The Morgan fingerprint density at radius 1 is 1.06 bits per heavy atom. The van der Waals surface area contributed by atoms with Crippen LogP contribution >= 0.6 is 0 Å². The number of hydrogen-bond donors (Lipinski definition) is 1. The molecule has 11 heteroatoms. The summed E-state index contributed by atoms with van der Waals surface area (Å²) in [5, 5.41) is 6.37. The average molecular weight is 447 g/mol. The third-order valence-electron chi connectivity index (χ3n) is 6.31. The molecule has 3 aliphatic rings. The van der Waals surface area contributed by atoms with Crippen molar-refractivity contribution in [2.75, 3.05) is 13.1 Å². The lowest BCUT2D eigenvalue weighted by Gasteiger charge is -2.38. The molecule has 168 valence electrons. The van der Waals surface area contributed by atoms with Crippen LogP contribution in [0.3, 0.4) is 0 Å². The molecule has 3 fully saturated rings. The highest BCUT2D eigenvalue weighted by Gasteiger charge is 2.52. The molecule has 3 atom stereocenters. The molecular weight excluding hydrogens is 427 g/mol. The fraction of sp³-hybridized carbons (Fsp3) is 0.429. The maximum Gasteiger partial charge on any atom is 0.434 e. The van der Waals surface area contributed by atoms with Crippen LogP contribution in [-0.4, -0.2) is 68.5 Å². The van der Waals surface area contributed by atoms with Gasteiger partial charge in [0.25, 0.3) is 5.91 Å². The first-order valence-corrected chi connectivity index (χ1v) is 10.4. The molecule has 1 aromatic heterocycles. The van der Waals surface area contributed by atoms with Crippen LogP contribution in [0, 0.1) is 0 Å². The summed E-state index contributed by atoms with van der Waals surface area (Å²) < 4.78 is 42.2. The van der Waals surface area contributed by atoms with Crippen molar-refractivity contribution in [3.8, 4) is 5.69 Å². The molecule has 0 saturated carbocycles. The molecule has 0 spiro atoms. The van der Waals surface area contributed by atoms with E-state index in [1.807, 2.05) is 0 Å². The first kappa shape index (κ1) is 20.5. The number of nitrogens with one attached hydrogen (secondary N) is 1. The van der Waals surface area contributed by atoms with Gasteiger partial charge in [0.1, 0.15) is 12.1 Å². The zero-order chi connectivity index (χ0) is 22.6. The number of amides is 3. The summed E-state index contributed by atoms with van der Waals surface area (Å²) in [6, 6.07) is 5.96. The topological polar surface area (TPSA) is 87.5 Å². The van der Waals surface area contributed by atoms with E-state index < -0.39 is 41.5 Å². The number of carbonyl (C=O) groups is 3.